The molecule has 0 saturated heterocycles. The summed E-state index contributed by atoms with van der Waals surface area (Å²) in [7, 11) is 0. The summed E-state index contributed by atoms with van der Waals surface area (Å²) < 4.78 is 0. The molecule has 2 aliphatic carbocycles. The highest BCUT2D eigenvalue weighted by Gasteiger charge is 2.44. The molecule has 1 fully saturated rings. The Morgan fingerprint density at radius 2 is 2.05 bits per heavy atom. The second kappa shape index (κ2) is 4.70. The molecule has 1 aromatic carbocycles. The summed E-state index contributed by atoms with van der Waals surface area (Å²) in [6.45, 7) is 0.537. The third kappa shape index (κ3) is 2.12. The fourth-order valence-electron chi connectivity index (χ4n) is 3.01. The molecule has 2 aliphatic rings. The van der Waals surface area contributed by atoms with Crippen LogP contribution in [-0.4, -0.2) is 5.91 Å². The lowest BCUT2D eigenvalue weighted by Gasteiger charge is -2.33. The van der Waals surface area contributed by atoms with Crippen molar-refractivity contribution >= 4 is 5.91 Å². The Hall–Kier alpha value is -1.82. The van der Waals surface area contributed by atoms with Crippen molar-refractivity contribution in [3.05, 3.63) is 34.9 Å². The third-order valence-corrected chi connectivity index (χ3v) is 4.47. The Morgan fingerprint density at radius 3 is 2.74 bits per heavy atom. The van der Waals surface area contributed by atoms with Crippen molar-refractivity contribution in [1.82, 2.24) is 5.32 Å². The van der Waals surface area contributed by atoms with Crippen LogP contribution < -0.4 is 5.32 Å². The SMILES string of the molecule is N#CC1(C(=O)NCc2ccc3c(c2)CCC3)CCC1. The molecule has 1 N–H and O–H groups in total. The zero-order valence-electron chi connectivity index (χ0n) is 11.0. The van der Waals surface area contributed by atoms with Crippen LogP contribution in [0.2, 0.25) is 0 Å². The maximum Gasteiger partial charge on any atom is 0.240 e. The highest BCUT2D eigenvalue weighted by atomic mass is 16.2. The van der Waals surface area contributed by atoms with Crippen LogP contribution in [0, 0.1) is 16.7 Å². The summed E-state index contributed by atoms with van der Waals surface area (Å²) in [4.78, 5) is 12.1. The van der Waals surface area contributed by atoms with Gasteiger partial charge >= 0.3 is 0 Å². The largest absolute Gasteiger partial charge is 0.351 e. The molecule has 0 aromatic heterocycles. The van der Waals surface area contributed by atoms with Crippen molar-refractivity contribution in [3.8, 4) is 6.07 Å². The zero-order chi connectivity index (χ0) is 13.3. The molecular formula is C16H18N2O. The van der Waals surface area contributed by atoms with E-state index in [-0.39, 0.29) is 5.91 Å². The van der Waals surface area contributed by atoms with E-state index < -0.39 is 5.41 Å². The van der Waals surface area contributed by atoms with Gasteiger partial charge < -0.3 is 5.32 Å². The van der Waals surface area contributed by atoms with E-state index in [1.165, 1.54) is 24.0 Å². The quantitative estimate of drug-likeness (QED) is 0.901. The Balaban J connectivity index is 1.64. The molecule has 0 heterocycles. The van der Waals surface area contributed by atoms with E-state index in [0.29, 0.717) is 19.4 Å². The van der Waals surface area contributed by atoms with Crippen molar-refractivity contribution in [3.63, 3.8) is 0 Å². The monoisotopic (exact) mass is 254 g/mol. The van der Waals surface area contributed by atoms with Crippen LogP contribution in [-0.2, 0) is 24.2 Å². The van der Waals surface area contributed by atoms with E-state index in [2.05, 4.69) is 29.6 Å². The molecule has 0 aliphatic heterocycles. The molecule has 1 saturated carbocycles. The second-order valence-corrected chi connectivity index (χ2v) is 5.69. The van der Waals surface area contributed by atoms with E-state index in [1.807, 2.05) is 0 Å². The van der Waals surface area contributed by atoms with Crippen LogP contribution in [0.15, 0.2) is 18.2 Å². The van der Waals surface area contributed by atoms with Crippen molar-refractivity contribution in [2.45, 2.75) is 45.1 Å². The summed E-state index contributed by atoms with van der Waals surface area (Å²) in [5.41, 5.74) is 3.27. The van der Waals surface area contributed by atoms with Crippen molar-refractivity contribution < 1.29 is 4.79 Å². The number of nitriles is 1. The maximum absolute atomic E-state index is 12.1. The third-order valence-electron chi connectivity index (χ3n) is 4.47. The van der Waals surface area contributed by atoms with Gasteiger partial charge in [-0.3, -0.25) is 4.79 Å². The molecule has 0 bridgehead atoms. The summed E-state index contributed by atoms with van der Waals surface area (Å²) >= 11 is 0. The second-order valence-electron chi connectivity index (χ2n) is 5.69. The van der Waals surface area contributed by atoms with Gasteiger partial charge in [0, 0.05) is 6.54 Å². The minimum Gasteiger partial charge on any atom is -0.351 e. The van der Waals surface area contributed by atoms with E-state index in [4.69, 9.17) is 5.26 Å². The Kier molecular flexibility index (Phi) is 3.02. The maximum atomic E-state index is 12.1. The number of nitrogens with one attached hydrogen (secondary N) is 1. The van der Waals surface area contributed by atoms with Crippen molar-refractivity contribution in [2.75, 3.05) is 0 Å². The Morgan fingerprint density at radius 1 is 1.26 bits per heavy atom. The number of nitrogens with zero attached hydrogens (tertiary/aromatic N) is 1. The van der Waals surface area contributed by atoms with Gasteiger partial charge in [-0.15, -0.1) is 0 Å². The Bertz CT molecular complexity index is 552. The summed E-state index contributed by atoms with van der Waals surface area (Å²) in [6, 6.07) is 8.64. The molecule has 0 spiro atoms. The molecule has 3 rings (SSSR count). The van der Waals surface area contributed by atoms with Crippen molar-refractivity contribution in [1.29, 1.82) is 5.26 Å². The molecule has 0 radical (unpaired) electrons. The first-order chi connectivity index (χ1) is 9.23. The molecule has 98 valence electrons. The van der Waals surface area contributed by atoms with Gasteiger partial charge in [-0.25, -0.2) is 0 Å². The first-order valence-electron chi connectivity index (χ1n) is 7.04. The smallest absolute Gasteiger partial charge is 0.240 e. The fourth-order valence-corrected chi connectivity index (χ4v) is 3.01. The van der Waals surface area contributed by atoms with Gasteiger partial charge in [0.15, 0.2) is 0 Å². The first kappa shape index (κ1) is 12.2. The predicted molar refractivity (Wildman–Crippen MR) is 72.2 cm³/mol. The van der Waals surface area contributed by atoms with Gasteiger partial charge in [0.2, 0.25) is 5.91 Å². The van der Waals surface area contributed by atoms with E-state index in [0.717, 1.165) is 18.4 Å². The average molecular weight is 254 g/mol. The lowest BCUT2D eigenvalue weighted by Crippen LogP contribution is -2.44. The van der Waals surface area contributed by atoms with Gasteiger partial charge in [-0.1, -0.05) is 18.2 Å². The normalized spacial score (nSPS) is 19.1. The van der Waals surface area contributed by atoms with Gasteiger partial charge in [-0.05, 0) is 55.2 Å². The number of amides is 1. The number of carbonyl (C=O) groups excluding carboxylic acids is 1. The lowest BCUT2D eigenvalue weighted by atomic mass is 9.69. The minimum absolute atomic E-state index is 0.0956. The number of aryl methyl sites for hydroxylation is 2. The van der Waals surface area contributed by atoms with Gasteiger partial charge in [0.25, 0.3) is 0 Å². The highest BCUT2D eigenvalue weighted by molar-refractivity contribution is 5.86. The average Bonchev–Trinajstić information content (AvgIpc) is 2.83. The molecular weight excluding hydrogens is 236 g/mol. The van der Waals surface area contributed by atoms with Gasteiger partial charge in [0.05, 0.1) is 6.07 Å². The molecule has 1 aromatic rings. The topological polar surface area (TPSA) is 52.9 Å². The number of hydrogen-bond acceptors (Lipinski definition) is 2. The zero-order valence-corrected chi connectivity index (χ0v) is 11.0. The fraction of sp³-hybridized carbons (Fsp3) is 0.500. The van der Waals surface area contributed by atoms with E-state index in [1.54, 1.807) is 0 Å². The van der Waals surface area contributed by atoms with Gasteiger partial charge in [-0.2, -0.15) is 5.26 Å². The Labute approximate surface area is 113 Å². The highest BCUT2D eigenvalue weighted by Crippen LogP contribution is 2.40. The number of fused-ring (bicyclic) bond motifs is 1. The molecule has 3 heteroatoms. The number of carbonyl (C=O) groups is 1. The molecule has 19 heavy (non-hydrogen) atoms. The van der Waals surface area contributed by atoms with Crippen LogP contribution in [0.1, 0.15) is 42.4 Å². The minimum atomic E-state index is -0.739. The van der Waals surface area contributed by atoms with E-state index >= 15 is 0 Å². The number of rotatable bonds is 3. The molecule has 0 unspecified atom stereocenters. The van der Waals surface area contributed by atoms with Crippen LogP contribution in [0.25, 0.3) is 0 Å². The molecule has 3 nitrogen and oxygen atoms in total. The van der Waals surface area contributed by atoms with Crippen LogP contribution >= 0.6 is 0 Å². The van der Waals surface area contributed by atoms with Crippen LogP contribution in [0.3, 0.4) is 0 Å². The standard InChI is InChI=1S/C16H18N2O/c17-11-16(7-2-8-16)15(19)18-10-12-5-6-13-3-1-4-14(13)9-12/h5-6,9H,1-4,7-8,10H2,(H,18,19). The van der Waals surface area contributed by atoms with E-state index in [9.17, 15) is 4.79 Å². The lowest BCUT2D eigenvalue weighted by molar-refractivity contribution is -0.131. The predicted octanol–water partition coefficient (Wildman–Crippen LogP) is 2.49. The van der Waals surface area contributed by atoms with Crippen LogP contribution in [0.5, 0.6) is 0 Å². The number of benzene rings is 1. The first-order valence-corrected chi connectivity index (χ1v) is 7.04. The van der Waals surface area contributed by atoms with Crippen molar-refractivity contribution in [2.24, 2.45) is 5.41 Å². The van der Waals surface area contributed by atoms with Crippen LogP contribution in [0.4, 0.5) is 0 Å². The summed E-state index contributed by atoms with van der Waals surface area (Å²) in [6.07, 6.45) is 5.97. The summed E-state index contributed by atoms with van der Waals surface area (Å²) in [5.74, 6) is -0.0956. The molecule has 0 atom stereocenters. The molecule has 1 amide bonds. The summed E-state index contributed by atoms with van der Waals surface area (Å²) in [5, 5.41) is 12.0. The number of hydrogen-bond donors (Lipinski definition) is 1. The van der Waals surface area contributed by atoms with Gasteiger partial charge in [0.1, 0.15) is 5.41 Å².